The molecule has 0 unspecified atom stereocenters. The number of carbonyl (C=O) groups is 2. The zero-order valence-electron chi connectivity index (χ0n) is 40.9. The quantitative estimate of drug-likeness (QED) is 0.0530. The van der Waals surface area contributed by atoms with Gasteiger partial charge in [-0.25, -0.2) is 20.4 Å². The molecule has 0 aliphatic carbocycles. The lowest BCUT2D eigenvalue weighted by Crippen LogP contribution is -2.52. The van der Waals surface area contributed by atoms with Crippen LogP contribution in [0.25, 0.3) is 0 Å². The summed E-state index contributed by atoms with van der Waals surface area (Å²) in [6.07, 6.45) is 5.05. The van der Waals surface area contributed by atoms with Crippen LogP contribution in [-0.4, -0.2) is 112 Å². The van der Waals surface area contributed by atoms with Crippen LogP contribution in [0.3, 0.4) is 0 Å². The number of alkyl halides is 3. The van der Waals surface area contributed by atoms with Crippen molar-refractivity contribution in [3.8, 4) is 12.3 Å². The zero-order chi connectivity index (χ0) is 49.8. The smallest absolute Gasteiger partial charge is 0.426 e. The van der Waals surface area contributed by atoms with Crippen molar-refractivity contribution in [1.29, 1.82) is 0 Å². The highest BCUT2D eigenvalue weighted by atomic mass is 19.4. The number of halogens is 3. The van der Waals surface area contributed by atoms with E-state index in [1.807, 2.05) is 73.6 Å². The monoisotopic (exact) mass is 947 g/mol. The van der Waals surface area contributed by atoms with Crippen LogP contribution in [-0.2, 0) is 50.0 Å². The molecule has 0 spiro atoms. The minimum Gasteiger partial charge on any atom is -0.490 e. The highest BCUT2D eigenvalue weighted by Gasteiger charge is 2.65. The van der Waals surface area contributed by atoms with E-state index in [2.05, 4.69) is 16.8 Å². The Labute approximate surface area is 394 Å². The number of ether oxygens (including phenoxy) is 7. The first-order valence-corrected chi connectivity index (χ1v) is 23.2. The largest absolute Gasteiger partial charge is 0.490 e. The van der Waals surface area contributed by atoms with Crippen LogP contribution >= 0.6 is 0 Å². The predicted molar refractivity (Wildman–Crippen MR) is 247 cm³/mol. The molecule has 3 aliphatic rings. The number of hydrazine groups is 1. The van der Waals surface area contributed by atoms with Crippen LogP contribution < -0.4 is 10.9 Å². The number of hydrogen-bond acceptors (Lipinski definition) is 13. The van der Waals surface area contributed by atoms with Crippen molar-refractivity contribution in [2.45, 2.75) is 136 Å². The highest BCUT2D eigenvalue weighted by Crippen LogP contribution is 2.43. The number of rotatable bonds is 17. The van der Waals surface area contributed by atoms with Crippen LogP contribution in [0.4, 0.5) is 13.2 Å². The van der Waals surface area contributed by atoms with Crippen molar-refractivity contribution in [3.05, 3.63) is 82.2 Å². The average molecular weight is 947 g/mol. The Balaban J connectivity index is 1.62. The summed E-state index contributed by atoms with van der Waals surface area (Å²) in [5, 5.41) is 23.3. The van der Waals surface area contributed by atoms with Crippen LogP contribution in [0.1, 0.15) is 96.6 Å². The Morgan fingerprint density at radius 2 is 1.72 bits per heavy atom. The molecule has 1 aromatic rings. The number of methoxy groups -OCH3 is 2. The summed E-state index contributed by atoms with van der Waals surface area (Å²) in [6.45, 7) is 17.8. The molecule has 4 N–H and O–H groups in total. The number of aliphatic hydroxyl groups excluding tert-OH is 2. The molecule has 4 rings (SSSR count). The molecule has 67 heavy (non-hydrogen) atoms. The Bertz CT molecular complexity index is 1970. The standard InChI is InChI=1S/C51H73F3N2O11/c1-13-20-63-22-23-64-21-19-37-27-38(50(55-56-50)51(52,53)54)17-18-39(37)48(59)66-42-28-41(65-46(29(2)3)35(42)9)34(8)45(58)36(10)47-40(61-11)16-14-15-30(4)24-32(6)44(57)33(7)25-31(5)26-43(62-12)49(60)67-47/h1,14-18,25-27,29,32-36,40-42,44-47,55-58H,19-24,28H2,2-12H3/b16-14+,30-15+,31-25+,43-26-/t32-,33+,34+,35-,36-,40-,41+,42+,44-,45-,46+,47+/m0/s1. The van der Waals surface area contributed by atoms with Gasteiger partial charge in [0.15, 0.2) is 0 Å². The van der Waals surface area contributed by atoms with Crippen molar-refractivity contribution in [3.63, 3.8) is 0 Å². The van der Waals surface area contributed by atoms with Crippen molar-refractivity contribution >= 4 is 11.9 Å². The van der Waals surface area contributed by atoms with Gasteiger partial charge in [0.25, 0.3) is 0 Å². The molecule has 0 aromatic heterocycles. The molecule has 2 fully saturated rings. The fraction of sp³-hybridized carbons (Fsp3) is 0.647. The number of hydrogen-bond donors (Lipinski definition) is 4. The van der Waals surface area contributed by atoms with E-state index in [-0.39, 0.29) is 79.8 Å². The topological polar surface area (TPSA) is 183 Å². The Morgan fingerprint density at radius 3 is 2.33 bits per heavy atom. The third kappa shape index (κ3) is 14.5. The molecule has 2 saturated heterocycles. The zero-order valence-corrected chi connectivity index (χ0v) is 40.9. The maximum Gasteiger partial charge on any atom is 0.426 e. The summed E-state index contributed by atoms with van der Waals surface area (Å²) >= 11 is 0. The second-order valence-corrected chi connectivity index (χ2v) is 18.7. The molecule has 0 saturated carbocycles. The van der Waals surface area contributed by atoms with E-state index in [0.29, 0.717) is 17.6 Å². The van der Waals surface area contributed by atoms with Crippen molar-refractivity contribution in [1.82, 2.24) is 10.9 Å². The Morgan fingerprint density at radius 1 is 1.03 bits per heavy atom. The van der Waals surface area contributed by atoms with Gasteiger partial charge in [0.05, 0.1) is 56.9 Å². The van der Waals surface area contributed by atoms with Crippen LogP contribution in [0.2, 0.25) is 0 Å². The maximum absolute atomic E-state index is 14.2. The van der Waals surface area contributed by atoms with Crippen molar-refractivity contribution in [2.75, 3.05) is 40.6 Å². The molecule has 13 nitrogen and oxygen atoms in total. The van der Waals surface area contributed by atoms with Gasteiger partial charge in [-0.1, -0.05) is 102 Å². The van der Waals surface area contributed by atoms with Gasteiger partial charge in [-0.05, 0) is 61.8 Å². The molecule has 1 aromatic carbocycles. The summed E-state index contributed by atoms with van der Waals surface area (Å²) < 4.78 is 83.9. The van der Waals surface area contributed by atoms with E-state index < -0.39 is 78.3 Å². The van der Waals surface area contributed by atoms with E-state index in [4.69, 9.17) is 39.6 Å². The third-order valence-electron chi connectivity index (χ3n) is 13.2. The van der Waals surface area contributed by atoms with Crippen LogP contribution in [0.15, 0.2) is 65.5 Å². The van der Waals surface area contributed by atoms with Gasteiger partial charge in [0.1, 0.15) is 24.9 Å². The summed E-state index contributed by atoms with van der Waals surface area (Å²) in [6, 6.07) is 3.92. The normalized spacial score (nSPS) is 31.6. The Kier molecular flexibility index (Phi) is 20.7. The molecular formula is C51H73F3N2O11. The predicted octanol–water partition coefficient (Wildman–Crippen LogP) is 7.27. The summed E-state index contributed by atoms with van der Waals surface area (Å²) in [5.41, 5.74) is 3.98. The van der Waals surface area contributed by atoms with E-state index in [0.717, 1.165) is 5.57 Å². The van der Waals surface area contributed by atoms with Crippen molar-refractivity contribution < 1.29 is 66.1 Å². The first-order valence-electron chi connectivity index (χ1n) is 23.2. The molecule has 12 atom stereocenters. The molecule has 0 amide bonds. The van der Waals surface area contributed by atoms with Gasteiger partial charge in [0.2, 0.25) is 11.4 Å². The van der Waals surface area contributed by atoms with Crippen LogP contribution in [0, 0.1) is 47.9 Å². The number of nitrogens with one attached hydrogen (secondary N) is 2. The van der Waals surface area contributed by atoms with Gasteiger partial charge in [0, 0.05) is 37.2 Å². The summed E-state index contributed by atoms with van der Waals surface area (Å²) in [5.74, 6) is -1.16. The number of carbonyl (C=O) groups excluding carboxylic acids is 2. The molecule has 0 bridgehead atoms. The molecule has 3 aliphatic heterocycles. The summed E-state index contributed by atoms with van der Waals surface area (Å²) in [4.78, 5) is 28.1. The first-order chi connectivity index (χ1) is 31.6. The lowest BCUT2D eigenvalue weighted by molar-refractivity contribution is -0.185. The van der Waals surface area contributed by atoms with E-state index >= 15 is 0 Å². The molecular weight excluding hydrogens is 874 g/mol. The second kappa shape index (κ2) is 25.0. The van der Waals surface area contributed by atoms with Gasteiger partial charge in [-0.2, -0.15) is 13.2 Å². The number of cyclic esters (lactones) is 1. The number of benzene rings is 1. The van der Waals surface area contributed by atoms with Crippen molar-refractivity contribution in [2.24, 2.45) is 35.5 Å². The summed E-state index contributed by atoms with van der Waals surface area (Å²) in [7, 11) is 2.85. The molecule has 0 radical (unpaired) electrons. The van der Waals surface area contributed by atoms with Crippen LogP contribution in [0.5, 0.6) is 0 Å². The van der Waals surface area contributed by atoms with E-state index in [1.54, 1.807) is 19.1 Å². The van der Waals surface area contributed by atoms with Gasteiger partial charge >= 0.3 is 18.1 Å². The minimum absolute atomic E-state index is 0.0333. The second-order valence-electron chi connectivity index (χ2n) is 18.7. The number of allylic oxidation sites excluding steroid dienone is 5. The number of terminal acetylenes is 1. The van der Waals surface area contributed by atoms with Gasteiger partial charge in [-0.3, -0.25) is 0 Å². The highest BCUT2D eigenvalue weighted by molar-refractivity contribution is 5.91. The lowest BCUT2D eigenvalue weighted by Gasteiger charge is -2.45. The fourth-order valence-electron chi connectivity index (χ4n) is 9.16. The SMILES string of the molecule is C#CCOCCOCCc1cc(C2(C(F)(F)F)NN2)ccc1C(=O)O[C@@H]1C[C@H]([C@@H](C)[C@H](O)[C@H](C)[C@H]2OC(=O)/C(OC)=C/C(C)=C/[C@@H](C)[C@@H](O)[C@@H](C)C/C(C)=C/C=C/[C@@H]2OC)O[C@H](C(C)C)[C@H]1C. The van der Waals surface area contributed by atoms with Gasteiger partial charge < -0.3 is 43.4 Å². The maximum atomic E-state index is 14.2. The van der Waals surface area contributed by atoms with E-state index in [9.17, 15) is 33.0 Å². The van der Waals surface area contributed by atoms with E-state index in [1.165, 1.54) is 32.4 Å². The average Bonchev–Trinajstić information content (AvgIpc) is 4.11. The first kappa shape index (κ1) is 55.5. The molecule has 3 heterocycles. The number of esters is 2. The molecule has 374 valence electrons. The fourth-order valence-corrected chi connectivity index (χ4v) is 9.16. The lowest BCUT2D eigenvalue weighted by atomic mass is 9.78. The van der Waals surface area contributed by atoms with Gasteiger partial charge in [-0.15, -0.1) is 6.42 Å². The third-order valence-corrected chi connectivity index (χ3v) is 13.2. The number of aliphatic hydroxyl groups is 2. The minimum atomic E-state index is -4.66. The molecule has 16 heteroatoms. The Hall–Kier alpha value is -4.05.